The highest BCUT2D eigenvalue weighted by Gasteiger charge is 2.19. The molecule has 0 radical (unpaired) electrons. The van der Waals surface area contributed by atoms with Gasteiger partial charge in [-0.1, -0.05) is 11.6 Å². The fourth-order valence-corrected chi connectivity index (χ4v) is 3.13. The zero-order valence-corrected chi connectivity index (χ0v) is 17.8. The summed E-state index contributed by atoms with van der Waals surface area (Å²) in [7, 11) is -2.02. The van der Waals surface area contributed by atoms with Crippen molar-refractivity contribution in [2.24, 2.45) is 0 Å². The molecule has 0 unspecified atom stereocenters. The van der Waals surface area contributed by atoms with Gasteiger partial charge in [-0.2, -0.15) is 0 Å². The Morgan fingerprint density at radius 2 is 1.79 bits per heavy atom. The van der Waals surface area contributed by atoms with Crippen LogP contribution in [0.15, 0.2) is 42.5 Å². The number of carbonyl (C=O) groups excluding carboxylic acids is 2. The molecule has 0 aliphatic rings. The maximum Gasteiger partial charge on any atom is 0.255 e. The Hall–Kier alpha value is -2.78. The highest BCUT2D eigenvalue weighted by atomic mass is 35.5. The molecular formula is C19H22ClN3O5S. The van der Waals surface area contributed by atoms with E-state index < -0.39 is 15.9 Å². The standard InChI is InChI=1S/C19H22ClN3O5S/c1-13(24)21-15-6-9-18(22-29(3,26)27)17(12-15)19(25)23(2)10-11-28-16-7-4-14(20)5-8-16/h4-9,12,22H,10-11H2,1-3H3,(H,21,24). The Bertz CT molecular complexity index is 993. The molecule has 2 rings (SSSR count). The maximum atomic E-state index is 12.9. The Balaban J connectivity index is 2.14. The molecule has 0 atom stereocenters. The molecule has 0 aromatic heterocycles. The van der Waals surface area contributed by atoms with Crippen LogP contribution in [-0.2, 0) is 14.8 Å². The number of hydrogen-bond donors (Lipinski definition) is 2. The Morgan fingerprint density at radius 1 is 1.14 bits per heavy atom. The van der Waals surface area contributed by atoms with E-state index in [9.17, 15) is 18.0 Å². The third-order valence-corrected chi connectivity index (χ3v) is 4.56. The molecule has 0 spiro atoms. The van der Waals surface area contributed by atoms with E-state index in [1.54, 1.807) is 31.3 Å². The molecule has 0 aliphatic carbocycles. The number of rotatable bonds is 8. The van der Waals surface area contributed by atoms with E-state index in [1.165, 1.54) is 30.0 Å². The summed E-state index contributed by atoms with van der Waals surface area (Å²) in [6.45, 7) is 1.82. The molecule has 2 N–H and O–H groups in total. The zero-order chi connectivity index (χ0) is 21.6. The molecular weight excluding hydrogens is 418 g/mol. The van der Waals surface area contributed by atoms with Crippen molar-refractivity contribution in [1.29, 1.82) is 0 Å². The minimum absolute atomic E-state index is 0.107. The van der Waals surface area contributed by atoms with Crippen molar-refractivity contribution < 1.29 is 22.7 Å². The first-order valence-electron chi connectivity index (χ1n) is 8.58. The van der Waals surface area contributed by atoms with Crippen molar-refractivity contribution in [2.45, 2.75) is 6.92 Å². The van der Waals surface area contributed by atoms with E-state index in [0.29, 0.717) is 16.5 Å². The molecule has 8 nitrogen and oxygen atoms in total. The van der Waals surface area contributed by atoms with Crippen molar-refractivity contribution in [3.05, 3.63) is 53.1 Å². The van der Waals surface area contributed by atoms with Gasteiger partial charge in [0.25, 0.3) is 5.91 Å². The van der Waals surface area contributed by atoms with Gasteiger partial charge in [0.15, 0.2) is 0 Å². The molecule has 10 heteroatoms. The maximum absolute atomic E-state index is 12.9. The van der Waals surface area contributed by atoms with Crippen molar-refractivity contribution >= 4 is 44.8 Å². The quantitative estimate of drug-likeness (QED) is 0.658. The predicted molar refractivity (Wildman–Crippen MR) is 113 cm³/mol. The number of likely N-dealkylation sites (N-methyl/N-ethyl adjacent to an activating group) is 1. The molecule has 0 aliphatic heterocycles. The number of halogens is 1. The second-order valence-corrected chi connectivity index (χ2v) is 8.53. The third kappa shape index (κ3) is 7.28. The van der Waals surface area contributed by atoms with Gasteiger partial charge in [0.2, 0.25) is 15.9 Å². The molecule has 156 valence electrons. The first kappa shape index (κ1) is 22.5. The van der Waals surface area contributed by atoms with E-state index >= 15 is 0 Å². The van der Waals surface area contributed by atoms with Gasteiger partial charge in [0, 0.05) is 24.7 Å². The molecule has 0 heterocycles. The molecule has 0 saturated carbocycles. The number of benzene rings is 2. The molecule has 2 aromatic carbocycles. The number of ether oxygens (including phenoxy) is 1. The summed E-state index contributed by atoms with van der Waals surface area (Å²) in [5.74, 6) is -0.123. The van der Waals surface area contributed by atoms with Crippen molar-refractivity contribution in [1.82, 2.24) is 4.90 Å². The van der Waals surface area contributed by atoms with Crippen LogP contribution in [0.4, 0.5) is 11.4 Å². The summed E-state index contributed by atoms with van der Waals surface area (Å²) in [5, 5.41) is 3.17. The second-order valence-electron chi connectivity index (χ2n) is 6.34. The molecule has 0 bridgehead atoms. The van der Waals surface area contributed by atoms with Crippen LogP contribution in [0, 0.1) is 0 Å². The second kappa shape index (κ2) is 9.62. The summed E-state index contributed by atoms with van der Waals surface area (Å²) in [6.07, 6.45) is 0.993. The van der Waals surface area contributed by atoms with Gasteiger partial charge in [-0.05, 0) is 42.5 Å². The zero-order valence-electron chi connectivity index (χ0n) is 16.2. The van der Waals surface area contributed by atoms with E-state index in [4.69, 9.17) is 16.3 Å². The lowest BCUT2D eigenvalue weighted by Gasteiger charge is -2.20. The molecule has 29 heavy (non-hydrogen) atoms. The monoisotopic (exact) mass is 439 g/mol. The fourth-order valence-electron chi connectivity index (χ4n) is 2.43. The number of hydrogen-bond acceptors (Lipinski definition) is 5. The summed E-state index contributed by atoms with van der Waals surface area (Å²) < 4.78 is 31.2. The number of nitrogens with one attached hydrogen (secondary N) is 2. The number of carbonyl (C=O) groups is 2. The van der Waals surface area contributed by atoms with Gasteiger partial charge in [-0.25, -0.2) is 8.42 Å². The van der Waals surface area contributed by atoms with Crippen LogP contribution in [0.1, 0.15) is 17.3 Å². The Labute approximate surface area is 174 Å². The summed E-state index contributed by atoms with van der Waals surface area (Å²) in [5.41, 5.74) is 0.610. The highest BCUT2D eigenvalue weighted by molar-refractivity contribution is 7.92. The van der Waals surface area contributed by atoms with Crippen molar-refractivity contribution in [3.8, 4) is 5.75 Å². The first-order valence-corrected chi connectivity index (χ1v) is 10.9. The van der Waals surface area contributed by atoms with Gasteiger partial charge in [-0.3, -0.25) is 14.3 Å². The third-order valence-electron chi connectivity index (χ3n) is 3.72. The van der Waals surface area contributed by atoms with Crippen LogP contribution in [0.2, 0.25) is 5.02 Å². The number of nitrogens with zero attached hydrogens (tertiary/aromatic N) is 1. The smallest absolute Gasteiger partial charge is 0.255 e. The summed E-state index contributed by atoms with van der Waals surface area (Å²) >= 11 is 5.83. The molecule has 0 fully saturated rings. The van der Waals surface area contributed by atoms with Crippen LogP contribution in [0.25, 0.3) is 0 Å². The van der Waals surface area contributed by atoms with Crippen molar-refractivity contribution in [2.75, 3.05) is 36.5 Å². The van der Waals surface area contributed by atoms with Crippen LogP contribution in [0.5, 0.6) is 5.75 Å². The average Bonchev–Trinajstić information content (AvgIpc) is 2.62. The average molecular weight is 440 g/mol. The van der Waals surface area contributed by atoms with E-state index in [1.807, 2.05) is 0 Å². The van der Waals surface area contributed by atoms with Crippen LogP contribution in [0.3, 0.4) is 0 Å². The van der Waals surface area contributed by atoms with Gasteiger partial charge in [0.05, 0.1) is 24.1 Å². The normalized spacial score (nSPS) is 10.9. The Kier molecular flexibility index (Phi) is 7.46. The highest BCUT2D eigenvalue weighted by Crippen LogP contribution is 2.23. The van der Waals surface area contributed by atoms with Crippen LogP contribution < -0.4 is 14.8 Å². The fraction of sp³-hybridized carbons (Fsp3) is 0.263. The minimum atomic E-state index is -3.59. The first-order chi connectivity index (χ1) is 13.5. The topological polar surface area (TPSA) is 105 Å². The largest absolute Gasteiger partial charge is 0.492 e. The lowest BCUT2D eigenvalue weighted by molar-refractivity contribution is -0.114. The lowest BCUT2D eigenvalue weighted by atomic mass is 10.1. The summed E-state index contributed by atoms with van der Waals surface area (Å²) in [4.78, 5) is 25.6. The molecule has 2 aromatic rings. The van der Waals surface area contributed by atoms with E-state index in [-0.39, 0.29) is 30.3 Å². The lowest BCUT2D eigenvalue weighted by Crippen LogP contribution is -2.31. The van der Waals surface area contributed by atoms with E-state index in [2.05, 4.69) is 10.0 Å². The molecule has 2 amide bonds. The van der Waals surface area contributed by atoms with Gasteiger partial charge >= 0.3 is 0 Å². The van der Waals surface area contributed by atoms with Gasteiger partial charge < -0.3 is 15.0 Å². The summed E-state index contributed by atoms with van der Waals surface area (Å²) in [6, 6.07) is 11.2. The SMILES string of the molecule is CC(=O)Nc1ccc(NS(C)(=O)=O)c(C(=O)N(C)CCOc2ccc(Cl)cc2)c1. The number of amides is 2. The number of anilines is 2. The van der Waals surface area contributed by atoms with Crippen LogP contribution in [-0.4, -0.2) is 51.6 Å². The van der Waals surface area contributed by atoms with Crippen LogP contribution >= 0.6 is 11.6 Å². The number of sulfonamides is 1. The van der Waals surface area contributed by atoms with Crippen molar-refractivity contribution in [3.63, 3.8) is 0 Å². The predicted octanol–water partition coefficient (Wildman–Crippen LogP) is 2.82. The van der Waals surface area contributed by atoms with Gasteiger partial charge in [0.1, 0.15) is 12.4 Å². The Morgan fingerprint density at radius 3 is 2.38 bits per heavy atom. The minimum Gasteiger partial charge on any atom is -0.492 e. The van der Waals surface area contributed by atoms with E-state index in [0.717, 1.165) is 6.26 Å². The molecule has 0 saturated heterocycles. The van der Waals surface area contributed by atoms with Gasteiger partial charge in [-0.15, -0.1) is 0 Å².